The van der Waals surface area contributed by atoms with Gasteiger partial charge in [-0.1, -0.05) is 11.3 Å². The first-order chi connectivity index (χ1) is 13.3. The normalized spacial score (nSPS) is 11.3. The van der Waals surface area contributed by atoms with E-state index in [-0.39, 0.29) is 16.5 Å². The highest BCUT2D eigenvalue weighted by Crippen LogP contribution is 2.38. The van der Waals surface area contributed by atoms with Crippen molar-refractivity contribution in [2.45, 2.75) is 19.9 Å². The number of hydrogen-bond acceptors (Lipinski definition) is 8. The molecule has 0 aliphatic carbocycles. The zero-order valence-corrected chi connectivity index (χ0v) is 16.9. The Morgan fingerprint density at radius 3 is 2.14 bits per heavy atom. The molecule has 0 aliphatic rings. The molecule has 0 aliphatic heterocycles. The van der Waals surface area contributed by atoms with Crippen molar-refractivity contribution in [2.75, 3.05) is 26.6 Å². The molecule has 28 heavy (non-hydrogen) atoms. The number of nitrogens with zero attached hydrogens (tertiary/aromatic N) is 1. The number of ketones is 1. The van der Waals surface area contributed by atoms with Crippen molar-refractivity contribution in [3.05, 3.63) is 28.8 Å². The summed E-state index contributed by atoms with van der Waals surface area (Å²) in [6, 6.07) is 2.12. The second-order valence-corrected chi connectivity index (χ2v) is 6.71. The molecule has 0 fully saturated rings. The third-order valence-corrected chi connectivity index (χ3v) is 4.76. The van der Waals surface area contributed by atoms with Gasteiger partial charge in [-0.15, -0.1) is 0 Å². The monoisotopic (exact) mass is 407 g/mol. The minimum absolute atomic E-state index is 0.137. The van der Waals surface area contributed by atoms with Gasteiger partial charge >= 0.3 is 0 Å². The number of nitrogens with one attached hydrogen (secondary N) is 2. The molecule has 0 spiro atoms. The summed E-state index contributed by atoms with van der Waals surface area (Å²) in [5, 5.41) is 5.44. The van der Waals surface area contributed by atoms with Gasteiger partial charge in [0.25, 0.3) is 5.91 Å². The van der Waals surface area contributed by atoms with Gasteiger partial charge in [0.15, 0.2) is 22.4 Å². The van der Waals surface area contributed by atoms with E-state index >= 15 is 0 Å². The van der Waals surface area contributed by atoms with E-state index in [2.05, 4.69) is 15.6 Å². The maximum absolute atomic E-state index is 12.5. The average Bonchev–Trinajstić information content (AvgIpc) is 3.15. The number of thiazole rings is 1. The molecule has 2 amide bonds. The Morgan fingerprint density at radius 2 is 1.68 bits per heavy atom. The van der Waals surface area contributed by atoms with Crippen molar-refractivity contribution in [3.63, 3.8) is 0 Å². The summed E-state index contributed by atoms with van der Waals surface area (Å²) in [4.78, 5) is 40.5. The van der Waals surface area contributed by atoms with Crippen LogP contribution in [0.1, 0.15) is 33.9 Å². The van der Waals surface area contributed by atoms with E-state index in [0.29, 0.717) is 22.1 Å². The molecule has 10 heteroatoms. The molecule has 2 rings (SSSR count). The van der Waals surface area contributed by atoms with Gasteiger partial charge in [-0.25, -0.2) is 4.98 Å². The van der Waals surface area contributed by atoms with E-state index in [1.165, 1.54) is 53.5 Å². The summed E-state index contributed by atoms with van der Waals surface area (Å²) >= 11 is 1.06. The van der Waals surface area contributed by atoms with Crippen LogP contribution >= 0.6 is 11.3 Å². The molecule has 0 saturated heterocycles. The van der Waals surface area contributed by atoms with E-state index < -0.39 is 17.9 Å². The van der Waals surface area contributed by atoms with E-state index in [4.69, 9.17) is 14.2 Å². The molecule has 2 aromatic rings. The van der Waals surface area contributed by atoms with Gasteiger partial charge in [0, 0.05) is 12.5 Å². The lowest BCUT2D eigenvalue weighted by molar-refractivity contribution is -0.117. The Morgan fingerprint density at radius 1 is 1.07 bits per heavy atom. The summed E-state index contributed by atoms with van der Waals surface area (Å²) in [6.07, 6.45) is 1.39. The number of hydrogen-bond donors (Lipinski definition) is 2. The van der Waals surface area contributed by atoms with E-state index in [0.717, 1.165) is 11.3 Å². The van der Waals surface area contributed by atoms with Crippen molar-refractivity contribution in [1.29, 1.82) is 0 Å². The van der Waals surface area contributed by atoms with Crippen molar-refractivity contribution in [1.82, 2.24) is 10.3 Å². The van der Waals surface area contributed by atoms with Gasteiger partial charge in [-0.2, -0.15) is 0 Å². The van der Waals surface area contributed by atoms with Crippen LogP contribution in [0.2, 0.25) is 0 Å². The molecule has 9 nitrogen and oxygen atoms in total. The molecule has 1 unspecified atom stereocenters. The zero-order chi connectivity index (χ0) is 20.8. The number of anilines is 1. The Balaban J connectivity index is 2.10. The van der Waals surface area contributed by atoms with Crippen LogP contribution in [-0.2, 0) is 4.79 Å². The van der Waals surface area contributed by atoms with Gasteiger partial charge in [-0.05, 0) is 19.1 Å². The Labute approximate surface area is 166 Å². The third-order valence-electron chi connectivity index (χ3n) is 3.75. The summed E-state index contributed by atoms with van der Waals surface area (Å²) in [7, 11) is 4.35. The van der Waals surface area contributed by atoms with Gasteiger partial charge in [-0.3, -0.25) is 14.4 Å². The zero-order valence-electron chi connectivity index (χ0n) is 16.1. The number of methoxy groups -OCH3 is 3. The van der Waals surface area contributed by atoms with E-state index in [1.807, 2.05) is 0 Å². The van der Waals surface area contributed by atoms with Gasteiger partial charge in [0.05, 0.1) is 32.4 Å². The maximum Gasteiger partial charge on any atom is 0.252 e. The summed E-state index contributed by atoms with van der Waals surface area (Å²) < 4.78 is 15.7. The number of rotatable bonds is 8. The highest BCUT2D eigenvalue weighted by Gasteiger charge is 2.21. The number of carbonyl (C=O) groups excluding carboxylic acids is 3. The maximum atomic E-state index is 12.5. The number of ether oxygens (including phenoxy) is 3. The van der Waals surface area contributed by atoms with Crippen LogP contribution in [-0.4, -0.2) is 50.0 Å². The molecule has 1 aromatic heterocycles. The predicted molar refractivity (Wildman–Crippen MR) is 104 cm³/mol. The molecule has 1 aromatic carbocycles. The van der Waals surface area contributed by atoms with Crippen LogP contribution in [0.4, 0.5) is 5.13 Å². The van der Waals surface area contributed by atoms with Crippen molar-refractivity contribution in [2.24, 2.45) is 0 Å². The first-order valence-corrected chi connectivity index (χ1v) is 9.00. The van der Waals surface area contributed by atoms with E-state index in [9.17, 15) is 14.4 Å². The summed E-state index contributed by atoms with van der Waals surface area (Å²) in [6.45, 7) is 2.95. The largest absolute Gasteiger partial charge is 0.493 e. The molecule has 0 saturated carbocycles. The smallest absolute Gasteiger partial charge is 0.252 e. The number of Topliss-reactive ketones (excluding diaryl/α,β-unsaturated/α-hetero) is 1. The lowest BCUT2D eigenvalue weighted by Gasteiger charge is -2.16. The third kappa shape index (κ3) is 4.77. The lowest BCUT2D eigenvalue weighted by atomic mass is 10.1. The quantitative estimate of drug-likeness (QED) is 0.644. The first-order valence-electron chi connectivity index (χ1n) is 8.19. The summed E-state index contributed by atoms with van der Waals surface area (Å²) in [5.74, 6) is -0.0952. The molecule has 2 N–H and O–H groups in total. The second-order valence-electron chi connectivity index (χ2n) is 5.68. The fourth-order valence-electron chi connectivity index (χ4n) is 2.27. The van der Waals surface area contributed by atoms with E-state index in [1.54, 1.807) is 0 Å². The van der Waals surface area contributed by atoms with Crippen LogP contribution < -0.4 is 24.8 Å². The van der Waals surface area contributed by atoms with Crippen LogP contribution in [0.25, 0.3) is 0 Å². The Hall–Kier alpha value is -3.14. The Bertz CT molecular complexity index is 870. The summed E-state index contributed by atoms with van der Waals surface area (Å²) in [5.41, 5.74) is 0.238. The Kier molecular flexibility index (Phi) is 6.94. The minimum atomic E-state index is -0.851. The molecule has 0 radical (unpaired) electrons. The fourth-order valence-corrected chi connectivity index (χ4v) is 2.98. The van der Waals surface area contributed by atoms with Crippen molar-refractivity contribution >= 4 is 34.1 Å². The molecule has 0 bridgehead atoms. The van der Waals surface area contributed by atoms with Gasteiger partial charge in [0.1, 0.15) is 6.04 Å². The highest BCUT2D eigenvalue weighted by molar-refractivity contribution is 7.17. The SMILES string of the molecule is COc1cc(C(=O)NC(C)C(=O)Nc2ncc(C(C)=O)s2)cc(OC)c1OC. The number of benzene rings is 1. The van der Waals surface area contributed by atoms with Gasteiger partial charge in [0.2, 0.25) is 11.7 Å². The molecule has 1 atom stereocenters. The van der Waals surface area contributed by atoms with Crippen molar-refractivity contribution < 1.29 is 28.6 Å². The number of carbonyl (C=O) groups is 3. The van der Waals surface area contributed by atoms with Crippen LogP contribution in [0.3, 0.4) is 0 Å². The highest BCUT2D eigenvalue weighted by atomic mass is 32.1. The average molecular weight is 407 g/mol. The molecular weight excluding hydrogens is 386 g/mol. The second kappa shape index (κ2) is 9.18. The number of aromatic nitrogens is 1. The fraction of sp³-hybridized carbons (Fsp3) is 0.333. The van der Waals surface area contributed by atoms with Crippen LogP contribution in [0.15, 0.2) is 18.3 Å². The lowest BCUT2D eigenvalue weighted by Crippen LogP contribution is -2.41. The first kappa shape index (κ1) is 21.2. The van der Waals surface area contributed by atoms with Crippen LogP contribution in [0.5, 0.6) is 17.2 Å². The minimum Gasteiger partial charge on any atom is -0.493 e. The van der Waals surface area contributed by atoms with Gasteiger partial charge < -0.3 is 24.8 Å². The number of amides is 2. The van der Waals surface area contributed by atoms with Crippen LogP contribution in [0, 0.1) is 0 Å². The van der Waals surface area contributed by atoms with Crippen molar-refractivity contribution in [3.8, 4) is 17.2 Å². The predicted octanol–water partition coefficient (Wildman–Crippen LogP) is 2.13. The topological polar surface area (TPSA) is 116 Å². The molecular formula is C18H21N3O6S. The standard InChI is InChI=1S/C18H21N3O6S/c1-9(16(23)21-18-19-8-14(28-18)10(2)22)20-17(24)11-6-12(25-3)15(27-5)13(7-11)26-4/h6-9H,1-5H3,(H,20,24)(H,19,21,23). The molecule has 1 heterocycles. The molecule has 150 valence electrons.